The summed E-state index contributed by atoms with van der Waals surface area (Å²) in [4.78, 5) is 0. The van der Waals surface area contributed by atoms with Gasteiger partial charge in [0.1, 0.15) is 0 Å². The van der Waals surface area contributed by atoms with Gasteiger partial charge >= 0.3 is 0 Å². The van der Waals surface area contributed by atoms with E-state index in [1.807, 2.05) is 81.8 Å². The van der Waals surface area contributed by atoms with Crippen LogP contribution in [0.2, 0.25) is 10.0 Å². The number of fused-ring (bicyclic) bond motifs is 6. The molecule has 8 heteroatoms. The highest BCUT2D eigenvalue weighted by molar-refractivity contribution is 6.30. The molecule has 0 N–H and O–H groups in total. The fraction of sp³-hybridized carbons (Fsp3) is 0. The maximum atomic E-state index is 6.09. The van der Waals surface area contributed by atoms with Crippen LogP contribution < -0.4 is 0 Å². The summed E-state index contributed by atoms with van der Waals surface area (Å²) in [6.07, 6.45) is 0. The number of rotatable bonds is 2. The maximum Gasteiger partial charge on any atom is 0.184 e. The van der Waals surface area contributed by atoms with E-state index < -0.39 is 0 Å². The number of hydrogen-bond acceptors (Lipinski definition) is 4. The molecule has 3 aromatic carbocycles. The topological polar surface area (TPSA) is 60.4 Å². The number of aromatic nitrogens is 6. The average Bonchev–Trinajstić information content (AvgIpc) is 3.40. The van der Waals surface area contributed by atoms with Gasteiger partial charge in [-0.05, 0) is 48.5 Å². The van der Waals surface area contributed by atoms with Crippen LogP contribution >= 0.6 is 23.2 Å². The van der Waals surface area contributed by atoms with Gasteiger partial charge in [0, 0.05) is 31.9 Å². The van der Waals surface area contributed by atoms with Gasteiger partial charge in [-0.15, -0.1) is 20.4 Å². The largest absolute Gasteiger partial charge is 0.204 e. The van der Waals surface area contributed by atoms with Crippen molar-refractivity contribution in [2.45, 2.75) is 0 Å². The molecule has 30 heavy (non-hydrogen) atoms. The lowest BCUT2D eigenvalue weighted by Crippen LogP contribution is -2.05. The zero-order valence-electron chi connectivity index (χ0n) is 15.4. The average molecular weight is 431 g/mol. The van der Waals surface area contributed by atoms with Gasteiger partial charge in [0.05, 0.1) is 0 Å². The normalized spacial score (nSPS) is 11.7. The summed E-state index contributed by atoms with van der Waals surface area (Å²) in [5.41, 5.74) is 3.22. The second kappa shape index (κ2) is 6.52. The Morgan fingerprint density at radius 1 is 0.500 bits per heavy atom. The molecule has 3 heterocycles. The van der Waals surface area contributed by atoms with Gasteiger partial charge in [0.2, 0.25) is 0 Å². The minimum Gasteiger partial charge on any atom is -0.204 e. The number of hydrogen-bond donors (Lipinski definition) is 0. The van der Waals surface area contributed by atoms with Gasteiger partial charge in [0.25, 0.3) is 0 Å². The van der Waals surface area contributed by atoms with Gasteiger partial charge in [0.15, 0.2) is 22.9 Å². The standard InChI is InChI=1S/C22H12Cl2N6/c23-15-9-5-13(6-10-15)19-25-27-21-17-3-1-2-4-18(17)22-28-26-20(30(22)29(19)21)14-7-11-16(24)12-8-14/h1-12H. The molecular formula is C22H12Cl2N6. The molecular weight excluding hydrogens is 419 g/mol. The lowest BCUT2D eigenvalue weighted by Gasteiger charge is -2.09. The van der Waals surface area contributed by atoms with Crippen molar-refractivity contribution in [2.75, 3.05) is 0 Å². The van der Waals surface area contributed by atoms with E-state index in [1.165, 1.54) is 0 Å². The third-order valence-corrected chi connectivity index (χ3v) is 5.60. The molecule has 0 atom stereocenters. The molecule has 0 fully saturated rings. The first kappa shape index (κ1) is 17.4. The van der Waals surface area contributed by atoms with Crippen LogP contribution in [0.1, 0.15) is 0 Å². The highest BCUT2D eigenvalue weighted by Crippen LogP contribution is 2.30. The van der Waals surface area contributed by atoms with E-state index in [4.69, 9.17) is 23.2 Å². The molecule has 0 saturated heterocycles. The summed E-state index contributed by atoms with van der Waals surface area (Å²) in [7, 11) is 0. The summed E-state index contributed by atoms with van der Waals surface area (Å²) in [5, 5.41) is 21.2. The molecule has 0 saturated carbocycles. The predicted molar refractivity (Wildman–Crippen MR) is 118 cm³/mol. The summed E-state index contributed by atoms with van der Waals surface area (Å²) in [6.45, 7) is 0. The van der Waals surface area contributed by atoms with Crippen LogP contribution in [0.25, 0.3) is 44.8 Å². The van der Waals surface area contributed by atoms with Crippen LogP contribution in [0.5, 0.6) is 0 Å². The molecule has 6 aromatic rings. The van der Waals surface area contributed by atoms with Crippen molar-refractivity contribution in [3.63, 3.8) is 0 Å². The van der Waals surface area contributed by atoms with E-state index in [1.54, 1.807) is 0 Å². The van der Waals surface area contributed by atoms with Crippen molar-refractivity contribution in [3.8, 4) is 22.8 Å². The Bertz CT molecular complexity index is 1430. The Hall–Kier alpha value is -3.48. The lowest BCUT2D eigenvalue weighted by molar-refractivity contribution is 0.864. The van der Waals surface area contributed by atoms with Crippen molar-refractivity contribution in [1.29, 1.82) is 0 Å². The molecule has 0 unspecified atom stereocenters. The fourth-order valence-corrected chi connectivity index (χ4v) is 3.96. The first-order valence-corrected chi connectivity index (χ1v) is 9.99. The molecule has 6 nitrogen and oxygen atoms in total. The predicted octanol–water partition coefficient (Wildman–Crippen LogP) is 5.57. The van der Waals surface area contributed by atoms with Gasteiger partial charge < -0.3 is 0 Å². The first-order valence-electron chi connectivity index (χ1n) is 9.24. The van der Waals surface area contributed by atoms with E-state index >= 15 is 0 Å². The molecule has 6 rings (SSSR count). The second-order valence-electron chi connectivity index (χ2n) is 6.88. The van der Waals surface area contributed by atoms with Crippen LogP contribution in [0, 0.1) is 0 Å². The van der Waals surface area contributed by atoms with Crippen molar-refractivity contribution < 1.29 is 0 Å². The van der Waals surface area contributed by atoms with Crippen LogP contribution in [-0.2, 0) is 0 Å². The zero-order chi connectivity index (χ0) is 20.2. The number of benzene rings is 3. The highest BCUT2D eigenvalue weighted by Gasteiger charge is 2.20. The van der Waals surface area contributed by atoms with Gasteiger partial charge in [-0.2, -0.15) is 0 Å². The smallest absolute Gasteiger partial charge is 0.184 e. The third kappa shape index (κ3) is 2.51. The molecule has 0 bridgehead atoms. The Labute approximate surface area is 180 Å². The van der Waals surface area contributed by atoms with E-state index in [-0.39, 0.29) is 0 Å². The van der Waals surface area contributed by atoms with Crippen molar-refractivity contribution in [3.05, 3.63) is 82.8 Å². The summed E-state index contributed by atoms with van der Waals surface area (Å²) in [6, 6.07) is 23.0. The third-order valence-electron chi connectivity index (χ3n) is 5.10. The maximum absolute atomic E-state index is 6.09. The number of nitrogens with zero attached hydrogens (tertiary/aromatic N) is 6. The molecule has 3 aromatic heterocycles. The molecule has 0 aliphatic heterocycles. The lowest BCUT2D eigenvalue weighted by atomic mass is 10.1. The van der Waals surface area contributed by atoms with E-state index in [0.29, 0.717) is 21.7 Å². The molecule has 144 valence electrons. The van der Waals surface area contributed by atoms with Crippen molar-refractivity contribution >= 4 is 45.3 Å². The second-order valence-corrected chi connectivity index (χ2v) is 7.75. The SMILES string of the molecule is Clc1ccc(-c2nnc3c4ccccc4c4nnc(-c5ccc(Cl)cc5)n4n23)cc1. The molecule has 0 radical (unpaired) electrons. The van der Waals surface area contributed by atoms with E-state index in [2.05, 4.69) is 20.4 Å². The number of halogens is 2. The molecule has 0 aliphatic rings. The minimum absolute atomic E-state index is 0.661. The van der Waals surface area contributed by atoms with E-state index in [0.717, 1.165) is 33.2 Å². The summed E-state index contributed by atoms with van der Waals surface area (Å²) in [5.74, 6) is 1.35. The highest BCUT2D eigenvalue weighted by atomic mass is 35.5. The Morgan fingerprint density at radius 3 is 1.30 bits per heavy atom. The van der Waals surface area contributed by atoms with E-state index in [9.17, 15) is 0 Å². The Balaban J connectivity index is 1.79. The monoisotopic (exact) mass is 430 g/mol. The molecule has 0 spiro atoms. The van der Waals surface area contributed by atoms with Gasteiger partial charge in [-0.3, -0.25) is 0 Å². The quantitative estimate of drug-likeness (QED) is 0.360. The van der Waals surface area contributed by atoms with Crippen LogP contribution in [0.15, 0.2) is 72.8 Å². The summed E-state index contributed by atoms with van der Waals surface area (Å²) >= 11 is 12.2. The molecule has 0 amide bonds. The van der Waals surface area contributed by atoms with Crippen molar-refractivity contribution in [2.24, 2.45) is 0 Å². The van der Waals surface area contributed by atoms with Crippen LogP contribution in [-0.4, -0.2) is 29.4 Å². The van der Waals surface area contributed by atoms with Gasteiger partial charge in [-0.1, -0.05) is 47.5 Å². The van der Waals surface area contributed by atoms with Crippen molar-refractivity contribution in [1.82, 2.24) is 29.4 Å². The Kier molecular flexibility index (Phi) is 3.78. The minimum atomic E-state index is 0.661. The van der Waals surface area contributed by atoms with Crippen LogP contribution in [0.4, 0.5) is 0 Å². The van der Waals surface area contributed by atoms with Gasteiger partial charge in [-0.25, -0.2) is 9.03 Å². The zero-order valence-corrected chi connectivity index (χ0v) is 16.9. The molecule has 0 aliphatic carbocycles. The first-order chi connectivity index (χ1) is 14.7. The summed E-state index contributed by atoms with van der Waals surface area (Å²) < 4.78 is 3.90. The van der Waals surface area contributed by atoms with Crippen LogP contribution in [0.3, 0.4) is 0 Å². The Morgan fingerprint density at radius 2 is 0.900 bits per heavy atom. The fourth-order valence-electron chi connectivity index (χ4n) is 3.71.